The van der Waals surface area contributed by atoms with Crippen molar-refractivity contribution in [1.82, 2.24) is 5.32 Å². The largest absolute Gasteiger partial charge is 0.385 e. The summed E-state index contributed by atoms with van der Waals surface area (Å²) < 4.78 is 0. The normalized spacial score (nSPS) is 14.8. The molecule has 20 heavy (non-hydrogen) atoms. The van der Waals surface area contributed by atoms with E-state index >= 15 is 0 Å². The summed E-state index contributed by atoms with van der Waals surface area (Å²) in [7, 11) is 0. The van der Waals surface area contributed by atoms with Crippen molar-refractivity contribution in [3.63, 3.8) is 0 Å². The van der Waals surface area contributed by atoms with Gasteiger partial charge in [-0.3, -0.25) is 0 Å². The van der Waals surface area contributed by atoms with E-state index in [-0.39, 0.29) is 0 Å². The molecule has 2 rings (SSSR count). The van der Waals surface area contributed by atoms with Gasteiger partial charge in [0.2, 0.25) is 0 Å². The second-order valence-corrected chi connectivity index (χ2v) is 6.76. The molecule has 1 aliphatic heterocycles. The molecule has 112 valence electrons. The number of rotatable bonds is 6. The zero-order valence-corrected chi connectivity index (χ0v) is 13.5. The standard InChI is InChI=1S/C18H30N2/c1-13(2)17(14(3)4)12-19-11-16-8-5-7-15-9-6-10-20-18(15)16/h5,7-8,13-14,17,19-20H,6,9-12H2,1-4H3. The zero-order valence-electron chi connectivity index (χ0n) is 13.5. The quantitative estimate of drug-likeness (QED) is 0.817. The number of benzene rings is 1. The Morgan fingerprint density at radius 2 is 1.90 bits per heavy atom. The molecule has 0 saturated carbocycles. The van der Waals surface area contributed by atoms with Crippen LogP contribution in [-0.4, -0.2) is 13.1 Å². The molecule has 0 fully saturated rings. The molecule has 1 aromatic rings. The fourth-order valence-electron chi connectivity index (χ4n) is 3.34. The fourth-order valence-corrected chi connectivity index (χ4v) is 3.34. The lowest BCUT2D eigenvalue weighted by Crippen LogP contribution is -2.30. The first-order valence-electron chi connectivity index (χ1n) is 8.15. The van der Waals surface area contributed by atoms with Gasteiger partial charge < -0.3 is 10.6 Å². The van der Waals surface area contributed by atoms with Crippen molar-refractivity contribution in [1.29, 1.82) is 0 Å². The van der Waals surface area contributed by atoms with E-state index in [0.29, 0.717) is 0 Å². The van der Waals surface area contributed by atoms with Gasteiger partial charge >= 0.3 is 0 Å². The third-order valence-electron chi connectivity index (χ3n) is 4.57. The molecule has 0 spiro atoms. The maximum atomic E-state index is 3.67. The molecule has 2 nitrogen and oxygen atoms in total. The van der Waals surface area contributed by atoms with Crippen LogP contribution in [0.25, 0.3) is 0 Å². The number of fused-ring (bicyclic) bond motifs is 1. The van der Waals surface area contributed by atoms with Gasteiger partial charge in [-0.05, 0) is 48.3 Å². The maximum absolute atomic E-state index is 3.67. The number of para-hydroxylation sites is 1. The molecule has 0 bridgehead atoms. The van der Waals surface area contributed by atoms with Crippen molar-refractivity contribution in [2.75, 3.05) is 18.4 Å². The Morgan fingerprint density at radius 3 is 2.60 bits per heavy atom. The molecule has 0 unspecified atom stereocenters. The van der Waals surface area contributed by atoms with E-state index in [9.17, 15) is 0 Å². The van der Waals surface area contributed by atoms with Gasteiger partial charge in [0, 0.05) is 18.8 Å². The third-order valence-corrected chi connectivity index (χ3v) is 4.57. The molecule has 0 radical (unpaired) electrons. The zero-order chi connectivity index (χ0) is 14.5. The van der Waals surface area contributed by atoms with Crippen LogP contribution in [0.5, 0.6) is 0 Å². The Hall–Kier alpha value is -1.02. The minimum atomic E-state index is 0.741. The van der Waals surface area contributed by atoms with E-state index in [1.54, 1.807) is 0 Å². The first-order valence-corrected chi connectivity index (χ1v) is 8.15. The molecule has 1 aliphatic rings. The first-order chi connectivity index (χ1) is 9.59. The summed E-state index contributed by atoms with van der Waals surface area (Å²) in [5, 5.41) is 7.25. The number of hydrogen-bond acceptors (Lipinski definition) is 2. The van der Waals surface area contributed by atoms with E-state index in [0.717, 1.165) is 37.4 Å². The average molecular weight is 274 g/mol. The van der Waals surface area contributed by atoms with Gasteiger partial charge in [-0.1, -0.05) is 45.9 Å². The molecule has 1 heterocycles. The molecule has 0 saturated heterocycles. The molecule has 0 aliphatic carbocycles. The highest BCUT2D eigenvalue weighted by Crippen LogP contribution is 2.26. The van der Waals surface area contributed by atoms with Gasteiger partial charge in [-0.25, -0.2) is 0 Å². The highest BCUT2D eigenvalue weighted by atomic mass is 14.9. The summed E-state index contributed by atoms with van der Waals surface area (Å²) in [6, 6.07) is 6.71. The second-order valence-electron chi connectivity index (χ2n) is 6.76. The first kappa shape index (κ1) is 15.4. The van der Waals surface area contributed by atoms with E-state index in [2.05, 4.69) is 56.5 Å². The van der Waals surface area contributed by atoms with Crippen LogP contribution in [0.2, 0.25) is 0 Å². The Kier molecular flexibility index (Phi) is 5.47. The number of hydrogen-bond donors (Lipinski definition) is 2. The predicted molar refractivity (Wildman–Crippen MR) is 88.1 cm³/mol. The fraction of sp³-hybridized carbons (Fsp3) is 0.667. The highest BCUT2D eigenvalue weighted by molar-refractivity contribution is 5.59. The van der Waals surface area contributed by atoms with Crippen molar-refractivity contribution < 1.29 is 0 Å². The Balaban J connectivity index is 1.94. The van der Waals surface area contributed by atoms with E-state index in [1.807, 2.05) is 0 Å². The molecule has 0 aromatic heterocycles. The SMILES string of the molecule is CC(C)C(CNCc1cccc2c1NCCC2)C(C)C. The third kappa shape index (κ3) is 3.76. The van der Waals surface area contributed by atoms with Crippen LogP contribution in [-0.2, 0) is 13.0 Å². The lowest BCUT2D eigenvalue weighted by atomic mass is 9.85. The summed E-state index contributed by atoms with van der Waals surface area (Å²) >= 11 is 0. The van der Waals surface area contributed by atoms with Crippen molar-refractivity contribution in [2.24, 2.45) is 17.8 Å². The Labute approximate surface area is 124 Å². The van der Waals surface area contributed by atoms with Gasteiger partial charge in [0.05, 0.1) is 0 Å². The van der Waals surface area contributed by atoms with Crippen LogP contribution in [0, 0.1) is 17.8 Å². The van der Waals surface area contributed by atoms with Crippen molar-refractivity contribution >= 4 is 5.69 Å². The summed E-state index contributed by atoms with van der Waals surface area (Å²) in [4.78, 5) is 0. The number of nitrogens with one attached hydrogen (secondary N) is 2. The minimum absolute atomic E-state index is 0.741. The summed E-state index contributed by atoms with van der Waals surface area (Å²) in [5.74, 6) is 2.23. The molecular weight excluding hydrogens is 244 g/mol. The summed E-state index contributed by atoms with van der Waals surface area (Å²) in [5.41, 5.74) is 4.30. The highest BCUT2D eigenvalue weighted by Gasteiger charge is 2.17. The van der Waals surface area contributed by atoms with Crippen LogP contribution in [0.4, 0.5) is 5.69 Å². The number of anilines is 1. The summed E-state index contributed by atoms with van der Waals surface area (Å²) in [6.07, 6.45) is 2.48. The monoisotopic (exact) mass is 274 g/mol. The molecule has 0 atom stereocenters. The molecule has 1 aromatic carbocycles. The minimum Gasteiger partial charge on any atom is -0.385 e. The van der Waals surface area contributed by atoms with Gasteiger partial charge in [0.1, 0.15) is 0 Å². The molecule has 2 N–H and O–H groups in total. The lowest BCUT2D eigenvalue weighted by Gasteiger charge is -2.26. The smallest absolute Gasteiger partial charge is 0.0418 e. The van der Waals surface area contributed by atoms with E-state index in [4.69, 9.17) is 0 Å². The van der Waals surface area contributed by atoms with E-state index in [1.165, 1.54) is 29.7 Å². The Morgan fingerprint density at radius 1 is 1.15 bits per heavy atom. The average Bonchev–Trinajstić information content (AvgIpc) is 2.42. The van der Waals surface area contributed by atoms with E-state index < -0.39 is 0 Å². The second kappa shape index (κ2) is 7.12. The van der Waals surface area contributed by atoms with Crippen LogP contribution >= 0.6 is 0 Å². The van der Waals surface area contributed by atoms with Crippen molar-refractivity contribution in [3.8, 4) is 0 Å². The van der Waals surface area contributed by atoms with Gasteiger partial charge in [0.25, 0.3) is 0 Å². The lowest BCUT2D eigenvalue weighted by molar-refractivity contribution is 0.275. The van der Waals surface area contributed by atoms with Crippen LogP contribution in [0.1, 0.15) is 45.2 Å². The Bertz CT molecular complexity index is 415. The van der Waals surface area contributed by atoms with Crippen molar-refractivity contribution in [3.05, 3.63) is 29.3 Å². The van der Waals surface area contributed by atoms with Crippen LogP contribution in [0.15, 0.2) is 18.2 Å². The molecule has 0 amide bonds. The van der Waals surface area contributed by atoms with Gasteiger partial charge in [-0.15, -0.1) is 0 Å². The number of aryl methyl sites for hydroxylation is 1. The maximum Gasteiger partial charge on any atom is 0.0418 e. The predicted octanol–water partition coefficient (Wildman–Crippen LogP) is 4.06. The van der Waals surface area contributed by atoms with Crippen LogP contribution < -0.4 is 10.6 Å². The summed E-state index contributed by atoms with van der Waals surface area (Å²) in [6.45, 7) is 12.5. The molecular formula is C18H30N2. The molecule has 2 heteroatoms. The van der Waals surface area contributed by atoms with Crippen LogP contribution in [0.3, 0.4) is 0 Å². The topological polar surface area (TPSA) is 24.1 Å². The van der Waals surface area contributed by atoms with Crippen molar-refractivity contribution in [2.45, 2.75) is 47.1 Å². The van der Waals surface area contributed by atoms with Gasteiger partial charge in [-0.2, -0.15) is 0 Å². The van der Waals surface area contributed by atoms with Gasteiger partial charge in [0.15, 0.2) is 0 Å².